The van der Waals surface area contributed by atoms with E-state index in [0.29, 0.717) is 55.1 Å². The monoisotopic (exact) mass is 736 g/mol. The number of nitriles is 1. The molecule has 1 atom stereocenters. The predicted molar refractivity (Wildman–Crippen MR) is 197 cm³/mol. The number of halogens is 3. The summed E-state index contributed by atoms with van der Waals surface area (Å²) in [5, 5.41) is 11.4. The molecule has 1 unspecified atom stereocenters. The first-order valence-electron chi connectivity index (χ1n) is 18.2. The van der Waals surface area contributed by atoms with Crippen LogP contribution in [0.15, 0.2) is 42.7 Å². The first kappa shape index (κ1) is 36.6. The number of benzene rings is 2. The zero-order valence-corrected chi connectivity index (χ0v) is 31.1. The minimum Gasteiger partial charge on any atom is -0.355 e. The molecule has 0 bridgehead atoms. The summed E-state index contributed by atoms with van der Waals surface area (Å²) >= 11 is 0. The van der Waals surface area contributed by atoms with Crippen LogP contribution in [0.3, 0.4) is 0 Å². The van der Waals surface area contributed by atoms with Crippen molar-refractivity contribution in [2.45, 2.75) is 77.5 Å². The van der Waals surface area contributed by atoms with Gasteiger partial charge in [0.25, 0.3) is 0 Å². The Morgan fingerprint density at radius 1 is 0.942 bits per heavy atom. The van der Waals surface area contributed by atoms with Crippen LogP contribution in [0.2, 0.25) is 0 Å². The Bertz CT molecular complexity index is 2100. The highest BCUT2D eigenvalue weighted by Gasteiger charge is 2.46. The second-order valence-corrected chi connectivity index (χ2v) is 17.9. The van der Waals surface area contributed by atoms with Crippen LogP contribution in [0.25, 0.3) is 21.8 Å². The number of aryl methyl sites for hydroxylation is 1. The fraction of sp³-hybridized carbons (Fsp3) is 0.553. The van der Waals surface area contributed by atoms with Crippen molar-refractivity contribution in [2.75, 3.05) is 57.3 Å². The van der Waals surface area contributed by atoms with E-state index in [4.69, 9.17) is 0 Å². The molecule has 5 heterocycles. The summed E-state index contributed by atoms with van der Waals surface area (Å²) in [5.74, 6) is 0.712. The van der Waals surface area contributed by atoms with E-state index in [2.05, 4.69) is 61.3 Å². The van der Waals surface area contributed by atoms with Crippen LogP contribution in [0.5, 0.6) is 0 Å². The lowest BCUT2D eigenvalue weighted by Crippen LogP contribution is -2.60. The van der Waals surface area contributed by atoms with Gasteiger partial charge in [0, 0.05) is 80.1 Å². The minimum atomic E-state index is -4.27. The maximum absolute atomic E-state index is 13.1. The molecule has 10 nitrogen and oxygen atoms in total. The van der Waals surface area contributed by atoms with Crippen molar-refractivity contribution in [3.8, 4) is 6.07 Å². The second kappa shape index (κ2) is 13.9. The largest absolute Gasteiger partial charge is 0.393 e. The Kier molecular flexibility index (Phi) is 9.78. The van der Waals surface area contributed by atoms with Gasteiger partial charge in [-0.25, -0.2) is 18.4 Å². The number of hydrogen-bond acceptors (Lipinski definition) is 8. The third-order valence-electron chi connectivity index (χ3n) is 11.6. The number of alkyl halides is 3. The summed E-state index contributed by atoms with van der Waals surface area (Å²) in [4.78, 5) is 15.8. The molecule has 0 saturated carbocycles. The van der Waals surface area contributed by atoms with Crippen molar-refractivity contribution in [3.05, 3.63) is 65.1 Å². The van der Waals surface area contributed by atoms with Crippen LogP contribution in [0, 0.1) is 23.7 Å². The summed E-state index contributed by atoms with van der Waals surface area (Å²) in [5.41, 5.74) is 5.14. The average molecular weight is 737 g/mol. The van der Waals surface area contributed by atoms with E-state index in [-0.39, 0.29) is 17.0 Å². The fourth-order valence-electron chi connectivity index (χ4n) is 8.40. The molecule has 1 spiro atoms. The van der Waals surface area contributed by atoms with Gasteiger partial charge < -0.3 is 9.47 Å². The van der Waals surface area contributed by atoms with Gasteiger partial charge in [-0.05, 0) is 94.6 Å². The maximum Gasteiger partial charge on any atom is 0.393 e. The van der Waals surface area contributed by atoms with Gasteiger partial charge >= 0.3 is 6.18 Å². The molecule has 3 fully saturated rings. The number of likely N-dealkylation sites (tertiary alicyclic amines) is 1. The van der Waals surface area contributed by atoms with Crippen LogP contribution in [0.4, 0.5) is 19.0 Å². The highest BCUT2D eigenvalue weighted by molar-refractivity contribution is 7.89. The minimum absolute atomic E-state index is 0.134. The van der Waals surface area contributed by atoms with Crippen molar-refractivity contribution >= 4 is 37.6 Å². The SMILES string of the molecule is Cc1c(CN2CCC3(CC2)CN(c2ncnc4ccc(CC(F)(F)F)cc24)C3)ccc2c1cc(C#N)n2CC(C)N1CCN(S(=O)(=O)C(C)C)CC1. The van der Waals surface area contributed by atoms with E-state index in [0.717, 1.165) is 56.5 Å². The van der Waals surface area contributed by atoms with E-state index in [1.165, 1.54) is 23.5 Å². The van der Waals surface area contributed by atoms with Crippen LogP contribution in [-0.2, 0) is 29.5 Å². The number of nitrogens with zero attached hydrogens (tertiary/aromatic N) is 8. The summed E-state index contributed by atoms with van der Waals surface area (Å²) in [6, 6.07) is 13.6. The fourth-order valence-corrected chi connectivity index (χ4v) is 9.67. The van der Waals surface area contributed by atoms with Gasteiger partial charge in [-0.15, -0.1) is 0 Å². The predicted octanol–water partition coefficient (Wildman–Crippen LogP) is 5.72. The van der Waals surface area contributed by atoms with Crippen LogP contribution in [0.1, 0.15) is 56.0 Å². The highest BCUT2D eigenvalue weighted by atomic mass is 32.2. The van der Waals surface area contributed by atoms with Crippen molar-refractivity contribution in [1.82, 2.24) is 28.6 Å². The Labute approximate surface area is 303 Å². The second-order valence-electron chi connectivity index (χ2n) is 15.4. The van der Waals surface area contributed by atoms with Gasteiger partial charge in [-0.3, -0.25) is 9.80 Å². The number of rotatable bonds is 9. The van der Waals surface area contributed by atoms with E-state index in [1.807, 2.05) is 6.07 Å². The van der Waals surface area contributed by atoms with E-state index >= 15 is 0 Å². The summed E-state index contributed by atoms with van der Waals surface area (Å²) < 4.78 is 68.3. The van der Waals surface area contributed by atoms with Crippen molar-refractivity contribution in [1.29, 1.82) is 5.26 Å². The molecule has 0 amide bonds. The quantitative estimate of drug-likeness (QED) is 0.215. The molecule has 0 radical (unpaired) electrons. The first-order valence-corrected chi connectivity index (χ1v) is 19.7. The Morgan fingerprint density at radius 3 is 2.31 bits per heavy atom. The number of piperidine rings is 1. The molecular formula is C38H47F3N8O2S. The molecule has 52 heavy (non-hydrogen) atoms. The van der Waals surface area contributed by atoms with Crippen LogP contribution < -0.4 is 4.90 Å². The number of sulfonamides is 1. The van der Waals surface area contributed by atoms with Gasteiger partial charge in [0.1, 0.15) is 23.9 Å². The van der Waals surface area contributed by atoms with Crippen molar-refractivity contribution in [3.63, 3.8) is 0 Å². The smallest absolute Gasteiger partial charge is 0.355 e. The maximum atomic E-state index is 13.1. The molecule has 0 N–H and O–H groups in total. The normalized spacial score (nSPS) is 19.8. The lowest BCUT2D eigenvalue weighted by Gasteiger charge is -2.54. The first-order chi connectivity index (χ1) is 24.7. The molecule has 2 aromatic carbocycles. The van der Waals surface area contributed by atoms with Gasteiger partial charge in [0.15, 0.2) is 0 Å². The topological polar surface area (TPSA) is 102 Å². The number of aromatic nitrogens is 3. The third kappa shape index (κ3) is 7.12. The van der Waals surface area contributed by atoms with Gasteiger partial charge in [0.05, 0.1) is 17.2 Å². The molecule has 3 aliphatic rings. The van der Waals surface area contributed by atoms with Crippen LogP contribution in [-0.4, -0.2) is 107 Å². The zero-order chi connectivity index (χ0) is 37.0. The van der Waals surface area contributed by atoms with Gasteiger partial charge in [-0.2, -0.15) is 22.7 Å². The molecule has 278 valence electrons. The Hall–Kier alpha value is -3.77. The number of piperazine rings is 1. The molecule has 14 heteroatoms. The van der Waals surface area contributed by atoms with E-state index in [1.54, 1.807) is 30.3 Å². The number of hydrogen-bond donors (Lipinski definition) is 0. The Morgan fingerprint density at radius 2 is 1.65 bits per heavy atom. The molecule has 3 saturated heterocycles. The third-order valence-corrected chi connectivity index (χ3v) is 13.9. The molecule has 0 aliphatic carbocycles. The summed E-state index contributed by atoms with van der Waals surface area (Å²) in [6.07, 6.45) is -1.67. The van der Waals surface area contributed by atoms with Gasteiger partial charge in [-0.1, -0.05) is 12.1 Å². The average Bonchev–Trinajstić information content (AvgIpc) is 3.45. The number of anilines is 1. The molecular weight excluding hydrogens is 690 g/mol. The molecule has 2 aromatic heterocycles. The lowest BCUT2D eigenvalue weighted by atomic mass is 9.72. The molecule has 3 aliphatic heterocycles. The molecule has 4 aromatic rings. The highest BCUT2D eigenvalue weighted by Crippen LogP contribution is 2.44. The Balaban J connectivity index is 0.973. The number of fused-ring (bicyclic) bond motifs is 2. The van der Waals surface area contributed by atoms with E-state index in [9.17, 15) is 26.9 Å². The van der Waals surface area contributed by atoms with Gasteiger partial charge in [0.2, 0.25) is 10.0 Å². The summed E-state index contributed by atoms with van der Waals surface area (Å²) in [7, 11) is -3.27. The van der Waals surface area contributed by atoms with Crippen LogP contribution >= 0.6 is 0 Å². The lowest BCUT2D eigenvalue weighted by molar-refractivity contribution is -0.127. The zero-order valence-electron chi connectivity index (χ0n) is 30.3. The summed E-state index contributed by atoms with van der Waals surface area (Å²) in [6.45, 7) is 15.1. The van der Waals surface area contributed by atoms with E-state index < -0.39 is 27.9 Å². The van der Waals surface area contributed by atoms with Crippen molar-refractivity contribution < 1.29 is 21.6 Å². The molecule has 7 rings (SSSR count). The standard InChI is InChI=1S/C38H47F3N8O2S/c1-26(2)52(50,51)48-15-13-46(14-16-48)27(3)21-49-31(20-42)18-32-28(4)30(6-8-35(32)49)22-45-11-9-37(10-12-45)23-47(24-37)36-33-17-29(19-38(39,40)41)5-7-34(33)43-25-44-36/h5-8,17-18,25-27H,9-16,19,21-24H2,1-4H3. The van der Waals surface area contributed by atoms with Crippen molar-refractivity contribution in [2.24, 2.45) is 5.41 Å².